The van der Waals surface area contributed by atoms with Crippen LogP contribution in [-0.4, -0.2) is 11.9 Å². The van der Waals surface area contributed by atoms with Gasteiger partial charge in [-0.25, -0.2) is 0 Å². The Morgan fingerprint density at radius 2 is 0.941 bits per heavy atom. The van der Waals surface area contributed by atoms with Crippen LogP contribution in [0.25, 0.3) is 0 Å². The van der Waals surface area contributed by atoms with Crippen LogP contribution in [0, 0.1) is 11.8 Å². The van der Waals surface area contributed by atoms with Gasteiger partial charge < -0.3 is 19.8 Å². The van der Waals surface area contributed by atoms with Crippen LogP contribution in [0.5, 0.6) is 0 Å². The second kappa shape index (κ2) is 13.5. The Morgan fingerprint density at radius 3 is 0.941 bits per heavy atom. The minimum absolute atomic E-state index is 0. The van der Waals surface area contributed by atoms with Gasteiger partial charge in [-0.15, -0.1) is 0 Å². The largest absolute Gasteiger partial charge is 2.00 e. The first-order valence-electron chi connectivity index (χ1n) is 5.86. The molecule has 0 spiro atoms. The third-order valence-electron chi connectivity index (χ3n) is 2.64. The summed E-state index contributed by atoms with van der Waals surface area (Å²) in [6, 6.07) is 0. The van der Waals surface area contributed by atoms with E-state index in [0.717, 1.165) is 0 Å². The van der Waals surface area contributed by atoms with E-state index >= 15 is 0 Å². The molecule has 0 aromatic carbocycles. The van der Waals surface area contributed by atoms with Crippen molar-refractivity contribution in [2.45, 2.75) is 53.4 Å². The number of carbonyl (C=O) groups is 2. The SMILES string of the molecule is CCC(CC)C(=O)[O-].CCC(CC)C(=O)[O-].[Co+2]. The Bertz CT molecular complexity index is 177. The van der Waals surface area contributed by atoms with E-state index in [2.05, 4.69) is 0 Å². The molecule has 0 atom stereocenters. The number of rotatable bonds is 6. The van der Waals surface area contributed by atoms with Crippen molar-refractivity contribution < 1.29 is 36.6 Å². The summed E-state index contributed by atoms with van der Waals surface area (Å²) in [4.78, 5) is 20.1. The third kappa shape index (κ3) is 11.7. The van der Waals surface area contributed by atoms with Crippen LogP contribution in [0.1, 0.15) is 53.4 Å². The molecule has 0 aromatic heterocycles. The predicted octanol–water partition coefficient (Wildman–Crippen LogP) is 0.343. The molecule has 0 saturated carbocycles. The molecule has 0 aliphatic heterocycles. The van der Waals surface area contributed by atoms with Crippen molar-refractivity contribution >= 4 is 11.9 Å². The van der Waals surface area contributed by atoms with Gasteiger partial charge in [0, 0.05) is 11.9 Å². The van der Waals surface area contributed by atoms with Crippen LogP contribution in [0.4, 0.5) is 0 Å². The van der Waals surface area contributed by atoms with Crippen LogP contribution >= 0.6 is 0 Å². The van der Waals surface area contributed by atoms with Crippen molar-refractivity contribution in [2.75, 3.05) is 0 Å². The Balaban J connectivity index is -0.000000218. The van der Waals surface area contributed by atoms with Gasteiger partial charge >= 0.3 is 16.8 Å². The summed E-state index contributed by atoms with van der Waals surface area (Å²) in [7, 11) is 0. The van der Waals surface area contributed by atoms with E-state index in [9.17, 15) is 19.8 Å². The molecule has 0 heterocycles. The van der Waals surface area contributed by atoms with E-state index in [-0.39, 0.29) is 28.6 Å². The van der Waals surface area contributed by atoms with E-state index in [1.807, 2.05) is 27.7 Å². The summed E-state index contributed by atoms with van der Waals surface area (Å²) < 4.78 is 0. The maximum Gasteiger partial charge on any atom is 2.00 e. The summed E-state index contributed by atoms with van der Waals surface area (Å²) in [6.07, 6.45) is 2.72. The van der Waals surface area contributed by atoms with Gasteiger partial charge in [0.15, 0.2) is 0 Å². The number of carboxylic acids is 2. The normalized spacial score (nSPS) is 9.29. The van der Waals surface area contributed by atoms with Gasteiger partial charge in [-0.3, -0.25) is 0 Å². The Kier molecular flexibility index (Phi) is 17.2. The Labute approximate surface area is 114 Å². The van der Waals surface area contributed by atoms with E-state index in [1.165, 1.54) is 0 Å². The number of hydrogen-bond acceptors (Lipinski definition) is 4. The molecule has 1 radical (unpaired) electrons. The zero-order valence-corrected chi connectivity index (χ0v) is 12.0. The van der Waals surface area contributed by atoms with Crippen LogP contribution in [-0.2, 0) is 26.4 Å². The molecule has 0 saturated heterocycles. The monoisotopic (exact) mass is 289 g/mol. The first kappa shape index (κ1) is 21.7. The molecule has 0 aromatic rings. The number of carbonyl (C=O) groups excluding carboxylic acids is 2. The molecule has 0 N–H and O–H groups in total. The Morgan fingerprint density at radius 1 is 0.765 bits per heavy atom. The van der Waals surface area contributed by atoms with Crippen molar-refractivity contribution in [2.24, 2.45) is 11.8 Å². The first-order valence-corrected chi connectivity index (χ1v) is 5.86. The van der Waals surface area contributed by atoms with Crippen LogP contribution in [0.3, 0.4) is 0 Å². The standard InChI is InChI=1S/2C6H12O2.Co/c2*1-3-5(4-2)6(7)8;/h2*5H,3-4H2,1-2H3,(H,7,8);/q;;+2/p-2. The van der Waals surface area contributed by atoms with Crippen molar-refractivity contribution in [1.29, 1.82) is 0 Å². The van der Waals surface area contributed by atoms with Gasteiger partial charge in [-0.05, 0) is 37.5 Å². The Hall–Kier alpha value is -0.554. The average molecular weight is 289 g/mol. The molecular weight excluding hydrogens is 267 g/mol. The van der Waals surface area contributed by atoms with Gasteiger partial charge in [0.2, 0.25) is 0 Å². The minimum Gasteiger partial charge on any atom is -0.550 e. The van der Waals surface area contributed by atoms with Gasteiger partial charge in [-0.2, -0.15) is 0 Å². The molecule has 0 amide bonds. The predicted molar refractivity (Wildman–Crippen MR) is 58.2 cm³/mol. The molecule has 17 heavy (non-hydrogen) atoms. The van der Waals surface area contributed by atoms with E-state index in [1.54, 1.807) is 0 Å². The maximum absolute atomic E-state index is 10.1. The van der Waals surface area contributed by atoms with Gasteiger partial charge in [-0.1, -0.05) is 27.7 Å². The van der Waals surface area contributed by atoms with Gasteiger partial charge in [0.05, 0.1) is 0 Å². The van der Waals surface area contributed by atoms with Crippen molar-refractivity contribution in [3.63, 3.8) is 0 Å². The molecule has 0 fully saturated rings. The molecule has 103 valence electrons. The molecular formula is C12H22CoO4. The third-order valence-corrected chi connectivity index (χ3v) is 2.64. The second-order valence-electron chi connectivity index (χ2n) is 3.66. The summed E-state index contributed by atoms with van der Waals surface area (Å²) in [6.45, 7) is 7.40. The molecule has 4 nitrogen and oxygen atoms in total. The summed E-state index contributed by atoms with van der Waals surface area (Å²) >= 11 is 0. The molecule has 0 aliphatic carbocycles. The molecule has 0 unspecified atom stereocenters. The van der Waals surface area contributed by atoms with Crippen LogP contribution < -0.4 is 10.2 Å². The minimum atomic E-state index is -0.921. The van der Waals surface area contributed by atoms with Crippen molar-refractivity contribution in [3.8, 4) is 0 Å². The van der Waals surface area contributed by atoms with Crippen LogP contribution in [0.15, 0.2) is 0 Å². The summed E-state index contributed by atoms with van der Waals surface area (Å²) in [5.41, 5.74) is 0. The summed E-state index contributed by atoms with van der Waals surface area (Å²) in [5, 5.41) is 20.1. The topological polar surface area (TPSA) is 80.3 Å². The number of carboxylic acid groups (broad SMARTS) is 2. The van der Waals surface area contributed by atoms with Crippen molar-refractivity contribution in [3.05, 3.63) is 0 Å². The van der Waals surface area contributed by atoms with E-state index in [0.29, 0.717) is 25.7 Å². The molecule has 0 aliphatic rings. The fourth-order valence-corrected chi connectivity index (χ4v) is 1.24. The van der Waals surface area contributed by atoms with Gasteiger partial charge in [0.25, 0.3) is 0 Å². The molecule has 5 heteroatoms. The summed E-state index contributed by atoms with van der Waals surface area (Å²) in [5.74, 6) is -2.32. The van der Waals surface area contributed by atoms with Gasteiger partial charge in [0.1, 0.15) is 0 Å². The average Bonchev–Trinajstić information content (AvgIpc) is 2.21. The van der Waals surface area contributed by atoms with Crippen LogP contribution in [0.2, 0.25) is 0 Å². The smallest absolute Gasteiger partial charge is 0.550 e. The fourth-order valence-electron chi connectivity index (χ4n) is 1.24. The first-order chi connectivity index (χ1) is 7.44. The fraction of sp³-hybridized carbons (Fsp3) is 0.833. The van der Waals surface area contributed by atoms with E-state index < -0.39 is 11.9 Å². The maximum atomic E-state index is 10.1. The second-order valence-corrected chi connectivity index (χ2v) is 3.66. The zero-order valence-electron chi connectivity index (χ0n) is 10.9. The quantitative estimate of drug-likeness (QED) is 0.706. The number of hydrogen-bond donors (Lipinski definition) is 0. The molecule has 0 rings (SSSR count). The zero-order chi connectivity index (χ0) is 13.1. The number of aliphatic carboxylic acids is 2. The molecule has 0 bridgehead atoms. The van der Waals surface area contributed by atoms with Crippen molar-refractivity contribution in [1.82, 2.24) is 0 Å². The van der Waals surface area contributed by atoms with E-state index in [4.69, 9.17) is 0 Å².